The number of nitrogens with one attached hydrogen (secondary N) is 1. The van der Waals surface area contributed by atoms with Gasteiger partial charge in [-0.3, -0.25) is 9.59 Å². The molecule has 1 aromatic rings. The lowest BCUT2D eigenvalue weighted by Gasteiger charge is -2.30. The monoisotopic (exact) mass is 322 g/mol. The van der Waals surface area contributed by atoms with E-state index in [9.17, 15) is 9.59 Å². The largest absolute Gasteiger partial charge is 0.378 e. The number of amides is 2. The number of thioether (sulfide) groups is 1. The molecule has 1 aliphatic heterocycles. The van der Waals surface area contributed by atoms with E-state index in [-0.39, 0.29) is 11.8 Å². The van der Waals surface area contributed by atoms with Gasteiger partial charge in [-0.05, 0) is 30.6 Å². The number of ether oxygens (including phenoxy) is 1. The summed E-state index contributed by atoms with van der Waals surface area (Å²) in [6, 6.07) is 8.52. The highest BCUT2D eigenvalue weighted by Crippen LogP contribution is 2.08. The standard InChI is InChI=1S/C16H22N2O3S/c1-22-12-7-14(16(20)18-8-10-21-11-9-18)17-15(19)13-5-3-2-4-6-13/h2-6,14H,7-12H2,1H3,(H,17,19). The lowest BCUT2D eigenvalue weighted by atomic mass is 10.1. The third-order valence-electron chi connectivity index (χ3n) is 3.57. The van der Waals surface area contributed by atoms with Gasteiger partial charge in [-0.2, -0.15) is 11.8 Å². The van der Waals surface area contributed by atoms with Crippen LogP contribution in [-0.4, -0.2) is 61.1 Å². The summed E-state index contributed by atoms with van der Waals surface area (Å²) >= 11 is 1.67. The highest BCUT2D eigenvalue weighted by Gasteiger charge is 2.27. The molecule has 2 amide bonds. The maximum Gasteiger partial charge on any atom is 0.251 e. The van der Waals surface area contributed by atoms with Gasteiger partial charge in [0.1, 0.15) is 6.04 Å². The summed E-state index contributed by atoms with van der Waals surface area (Å²) in [6.07, 6.45) is 2.63. The Labute approximate surface area is 135 Å². The fourth-order valence-electron chi connectivity index (χ4n) is 2.33. The normalized spacial score (nSPS) is 16.1. The van der Waals surface area contributed by atoms with Crippen LogP contribution in [0.2, 0.25) is 0 Å². The van der Waals surface area contributed by atoms with Gasteiger partial charge in [0.25, 0.3) is 5.91 Å². The van der Waals surface area contributed by atoms with E-state index in [1.54, 1.807) is 28.8 Å². The summed E-state index contributed by atoms with van der Waals surface area (Å²) < 4.78 is 5.28. The molecule has 1 aromatic carbocycles. The summed E-state index contributed by atoms with van der Waals surface area (Å²) in [5.74, 6) is 0.616. The molecular weight excluding hydrogens is 300 g/mol. The third-order valence-corrected chi connectivity index (χ3v) is 4.22. The number of benzene rings is 1. The van der Waals surface area contributed by atoms with Crippen LogP contribution < -0.4 is 5.32 Å². The summed E-state index contributed by atoms with van der Waals surface area (Å²) in [5, 5.41) is 2.88. The van der Waals surface area contributed by atoms with Crippen LogP contribution in [0.1, 0.15) is 16.8 Å². The van der Waals surface area contributed by atoms with Gasteiger partial charge >= 0.3 is 0 Å². The molecule has 1 fully saturated rings. The SMILES string of the molecule is CSCCC(NC(=O)c1ccccc1)C(=O)N1CCOCC1. The summed E-state index contributed by atoms with van der Waals surface area (Å²) in [5.41, 5.74) is 0.575. The molecular formula is C16H22N2O3S. The zero-order valence-corrected chi connectivity index (χ0v) is 13.6. The minimum Gasteiger partial charge on any atom is -0.378 e. The van der Waals surface area contributed by atoms with Gasteiger partial charge in [0.15, 0.2) is 0 Å². The molecule has 2 rings (SSSR count). The molecule has 0 radical (unpaired) electrons. The molecule has 0 aliphatic carbocycles. The van der Waals surface area contributed by atoms with Gasteiger partial charge in [-0.25, -0.2) is 0 Å². The van der Waals surface area contributed by atoms with Crippen molar-refractivity contribution < 1.29 is 14.3 Å². The summed E-state index contributed by atoms with van der Waals surface area (Å²) in [7, 11) is 0. The Balaban J connectivity index is 2.01. The first kappa shape index (κ1) is 16.8. The molecule has 5 nitrogen and oxygen atoms in total. The van der Waals surface area contributed by atoms with Crippen molar-refractivity contribution in [2.75, 3.05) is 38.3 Å². The van der Waals surface area contributed by atoms with Crippen molar-refractivity contribution in [2.45, 2.75) is 12.5 Å². The Kier molecular flexibility index (Phi) is 6.74. The van der Waals surface area contributed by atoms with Crippen LogP contribution in [0, 0.1) is 0 Å². The number of carbonyl (C=O) groups excluding carboxylic acids is 2. The van der Waals surface area contributed by atoms with Crippen molar-refractivity contribution in [1.82, 2.24) is 10.2 Å². The second-order valence-corrected chi connectivity index (χ2v) is 6.10. The molecule has 1 N–H and O–H groups in total. The molecule has 120 valence electrons. The van der Waals surface area contributed by atoms with E-state index in [1.807, 2.05) is 24.5 Å². The maximum absolute atomic E-state index is 12.6. The fraction of sp³-hybridized carbons (Fsp3) is 0.500. The lowest BCUT2D eigenvalue weighted by Crippen LogP contribution is -2.52. The Hall–Kier alpha value is -1.53. The Morgan fingerprint density at radius 3 is 2.59 bits per heavy atom. The molecule has 0 saturated carbocycles. The molecule has 0 aromatic heterocycles. The average Bonchev–Trinajstić information content (AvgIpc) is 2.59. The first-order valence-electron chi connectivity index (χ1n) is 7.43. The molecule has 6 heteroatoms. The lowest BCUT2D eigenvalue weighted by molar-refractivity contribution is -0.137. The topological polar surface area (TPSA) is 58.6 Å². The fourth-order valence-corrected chi connectivity index (χ4v) is 2.80. The van der Waals surface area contributed by atoms with Crippen molar-refractivity contribution in [3.63, 3.8) is 0 Å². The van der Waals surface area contributed by atoms with Crippen LogP contribution in [0.4, 0.5) is 0 Å². The minimum atomic E-state index is -0.474. The predicted octanol–water partition coefficient (Wildman–Crippen LogP) is 1.40. The van der Waals surface area contributed by atoms with Gasteiger partial charge in [0.05, 0.1) is 13.2 Å². The van der Waals surface area contributed by atoms with E-state index >= 15 is 0 Å². The van der Waals surface area contributed by atoms with Gasteiger partial charge in [0.2, 0.25) is 5.91 Å². The van der Waals surface area contributed by atoms with Crippen LogP contribution in [0.3, 0.4) is 0 Å². The van der Waals surface area contributed by atoms with E-state index in [0.717, 1.165) is 5.75 Å². The molecule has 1 unspecified atom stereocenters. The minimum absolute atomic E-state index is 0.0124. The second kappa shape index (κ2) is 8.80. The van der Waals surface area contributed by atoms with Crippen molar-refractivity contribution >= 4 is 23.6 Å². The van der Waals surface area contributed by atoms with Crippen molar-refractivity contribution in [1.29, 1.82) is 0 Å². The van der Waals surface area contributed by atoms with Crippen molar-refractivity contribution in [3.8, 4) is 0 Å². The number of rotatable bonds is 6. The second-order valence-electron chi connectivity index (χ2n) is 5.11. The Morgan fingerprint density at radius 1 is 1.27 bits per heavy atom. The molecule has 1 aliphatic rings. The van der Waals surface area contributed by atoms with E-state index in [0.29, 0.717) is 38.3 Å². The predicted molar refractivity (Wildman–Crippen MR) is 88.1 cm³/mol. The number of morpholine rings is 1. The van der Waals surface area contributed by atoms with Crippen LogP contribution in [-0.2, 0) is 9.53 Å². The Morgan fingerprint density at radius 2 is 1.95 bits per heavy atom. The zero-order valence-electron chi connectivity index (χ0n) is 12.8. The van der Waals surface area contributed by atoms with Crippen molar-refractivity contribution in [3.05, 3.63) is 35.9 Å². The number of hydrogen-bond donors (Lipinski definition) is 1. The zero-order chi connectivity index (χ0) is 15.8. The molecule has 1 saturated heterocycles. The first-order chi connectivity index (χ1) is 10.7. The van der Waals surface area contributed by atoms with Gasteiger partial charge in [-0.15, -0.1) is 0 Å². The number of carbonyl (C=O) groups is 2. The molecule has 1 heterocycles. The van der Waals surface area contributed by atoms with E-state index < -0.39 is 6.04 Å². The van der Waals surface area contributed by atoms with Crippen molar-refractivity contribution in [2.24, 2.45) is 0 Å². The molecule has 0 bridgehead atoms. The van der Waals surface area contributed by atoms with Crippen LogP contribution in [0.25, 0.3) is 0 Å². The van der Waals surface area contributed by atoms with Crippen LogP contribution in [0.15, 0.2) is 30.3 Å². The number of hydrogen-bond acceptors (Lipinski definition) is 4. The first-order valence-corrected chi connectivity index (χ1v) is 8.83. The van der Waals surface area contributed by atoms with E-state index in [1.165, 1.54) is 0 Å². The van der Waals surface area contributed by atoms with Gasteiger partial charge in [0, 0.05) is 18.7 Å². The van der Waals surface area contributed by atoms with Crippen LogP contribution in [0.5, 0.6) is 0 Å². The van der Waals surface area contributed by atoms with Crippen LogP contribution >= 0.6 is 11.8 Å². The van der Waals surface area contributed by atoms with E-state index in [4.69, 9.17) is 4.74 Å². The maximum atomic E-state index is 12.6. The number of nitrogens with zero attached hydrogens (tertiary/aromatic N) is 1. The highest BCUT2D eigenvalue weighted by molar-refractivity contribution is 7.98. The summed E-state index contributed by atoms with van der Waals surface area (Å²) in [4.78, 5) is 26.7. The molecule has 22 heavy (non-hydrogen) atoms. The van der Waals surface area contributed by atoms with Gasteiger partial charge < -0.3 is 15.0 Å². The molecule has 1 atom stereocenters. The Bertz CT molecular complexity index is 489. The quantitative estimate of drug-likeness (QED) is 0.860. The highest BCUT2D eigenvalue weighted by atomic mass is 32.2. The molecule has 0 spiro atoms. The van der Waals surface area contributed by atoms with Gasteiger partial charge in [-0.1, -0.05) is 18.2 Å². The average molecular weight is 322 g/mol. The third kappa shape index (κ3) is 4.74. The van der Waals surface area contributed by atoms with E-state index in [2.05, 4.69) is 5.32 Å². The smallest absolute Gasteiger partial charge is 0.251 e. The summed E-state index contributed by atoms with van der Waals surface area (Å²) in [6.45, 7) is 2.31.